The van der Waals surface area contributed by atoms with Crippen LogP contribution in [0.15, 0.2) is 0 Å². The van der Waals surface area contributed by atoms with Crippen molar-refractivity contribution < 1.29 is 29.4 Å². The molecule has 8 nitrogen and oxygen atoms in total. The number of carbonyl (C=O) groups excluding carboxylic acids is 2. The lowest BCUT2D eigenvalue weighted by Crippen LogP contribution is -2.41. The Kier molecular flexibility index (Phi) is 17.9. The fraction of sp³-hybridized carbons (Fsp3) is 0.778. The van der Waals surface area contributed by atoms with Crippen LogP contribution in [0.25, 0.3) is 0 Å². The zero-order valence-electron chi connectivity index (χ0n) is 17.9. The summed E-state index contributed by atoms with van der Waals surface area (Å²) in [6, 6.07) is -1.86. The molecule has 0 rings (SSSR count). The van der Waals surface area contributed by atoms with Crippen molar-refractivity contribution in [1.29, 1.82) is 0 Å². The minimum absolute atomic E-state index is 0.244. The molecular formula is C18H32N2O6S5. The molecule has 0 saturated heterocycles. The van der Waals surface area contributed by atoms with Crippen LogP contribution < -0.4 is 10.6 Å². The molecule has 4 unspecified atom stereocenters. The Bertz CT molecular complexity index is 582. The number of aliphatic carboxylic acids is 2. The van der Waals surface area contributed by atoms with Crippen LogP contribution in [-0.2, 0) is 19.2 Å². The van der Waals surface area contributed by atoms with E-state index in [0.29, 0.717) is 5.25 Å². The van der Waals surface area contributed by atoms with Gasteiger partial charge in [-0.1, -0.05) is 62.9 Å². The van der Waals surface area contributed by atoms with Crippen molar-refractivity contribution in [3.05, 3.63) is 0 Å². The third-order valence-corrected chi connectivity index (χ3v) is 9.63. The monoisotopic (exact) mass is 532 g/mol. The number of hydrogen-bond acceptors (Lipinski definition) is 9. The van der Waals surface area contributed by atoms with Crippen LogP contribution in [0.4, 0.5) is 0 Å². The molecule has 0 aliphatic carbocycles. The highest BCUT2D eigenvalue weighted by atomic mass is 33.1. The number of carboxylic acids is 2. The average Bonchev–Trinajstić information content (AvgIpc) is 2.64. The number of amides is 2. The second kappa shape index (κ2) is 18.1. The zero-order chi connectivity index (χ0) is 23.8. The summed E-state index contributed by atoms with van der Waals surface area (Å²) in [5, 5.41) is 23.8. The van der Waals surface area contributed by atoms with Crippen molar-refractivity contribution in [2.45, 2.75) is 69.0 Å². The molecule has 0 fully saturated rings. The predicted octanol–water partition coefficient (Wildman–Crippen LogP) is 3.18. The largest absolute Gasteiger partial charge is 0.480 e. The third kappa shape index (κ3) is 17.8. The Morgan fingerprint density at radius 3 is 1.71 bits per heavy atom. The molecule has 0 saturated carbocycles. The molecule has 0 spiro atoms. The summed E-state index contributed by atoms with van der Waals surface area (Å²) >= 11 is 4.39. The minimum atomic E-state index is -1.07. The maximum Gasteiger partial charge on any atom is 0.327 e. The van der Waals surface area contributed by atoms with Crippen LogP contribution in [-0.4, -0.2) is 73.8 Å². The highest BCUT2D eigenvalue weighted by molar-refractivity contribution is 8.78. The van der Waals surface area contributed by atoms with E-state index in [-0.39, 0.29) is 28.6 Å². The first-order valence-corrected chi connectivity index (χ1v) is 15.1. The summed E-state index contributed by atoms with van der Waals surface area (Å²) in [7, 11) is 5.94. The Balaban J connectivity index is 4.56. The number of carboxylic acid groups (broad SMARTS) is 2. The molecule has 0 radical (unpaired) electrons. The molecule has 0 heterocycles. The number of rotatable bonds is 18. The average molecular weight is 533 g/mol. The maximum atomic E-state index is 11.3. The highest BCUT2D eigenvalue weighted by Gasteiger charge is 2.21. The van der Waals surface area contributed by atoms with E-state index in [4.69, 9.17) is 5.11 Å². The van der Waals surface area contributed by atoms with E-state index in [9.17, 15) is 24.3 Å². The molecule has 0 aliphatic heterocycles. The first-order valence-electron chi connectivity index (χ1n) is 9.73. The van der Waals surface area contributed by atoms with Gasteiger partial charge >= 0.3 is 11.9 Å². The highest BCUT2D eigenvalue weighted by Crippen LogP contribution is 2.36. The van der Waals surface area contributed by atoms with E-state index in [1.165, 1.54) is 35.4 Å². The quantitative estimate of drug-likeness (QED) is 0.102. The van der Waals surface area contributed by atoms with Crippen LogP contribution in [0.3, 0.4) is 0 Å². The van der Waals surface area contributed by atoms with E-state index >= 15 is 0 Å². The van der Waals surface area contributed by atoms with Crippen molar-refractivity contribution in [1.82, 2.24) is 10.6 Å². The van der Waals surface area contributed by atoms with Crippen LogP contribution in [0.1, 0.15) is 46.5 Å². The Labute approximate surface area is 205 Å². The van der Waals surface area contributed by atoms with Gasteiger partial charge in [-0.3, -0.25) is 9.59 Å². The lowest BCUT2D eigenvalue weighted by Gasteiger charge is -2.18. The van der Waals surface area contributed by atoms with Crippen LogP contribution in [0.5, 0.6) is 0 Å². The summed E-state index contributed by atoms with van der Waals surface area (Å²) in [6.07, 6.45) is 4.04. The van der Waals surface area contributed by atoms with Crippen LogP contribution in [0.2, 0.25) is 0 Å². The Hall–Kier alpha value is -0.370. The van der Waals surface area contributed by atoms with Gasteiger partial charge < -0.3 is 20.8 Å². The fourth-order valence-corrected chi connectivity index (χ4v) is 8.38. The van der Waals surface area contributed by atoms with Gasteiger partial charge in [0.25, 0.3) is 0 Å². The number of hydrogen-bond donors (Lipinski definition) is 5. The van der Waals surface area contributed by atoms with Gasteiger partial charge in [-0.15, -0.1) is 0 Å². The molecule has 13 heteroatoms. The Morgan fingerprint density at radius 2 is 1.26 bits per heavy atom. The standard InChI is InChI=1S/C18H32N2O6S5/c1-11(27)6-4-5-7-14(31-30-10-16(18(25)26)20-13(3)22)8-28-29-9-15(17(23)24)19-12(2)21/h11,14-16,27H,4-10H2,1-3H3,(H,19,21)(H,20,22)(H,23,24)(H,25,26). The number of unbranched alkanes of at least 4 members (excludes halogenated alkanes) is 1. The van der Waals surface area contributed by atoms with Crippen molar-refractivity contribution in [2.24, 2.45) is 0 Å². The second-order valence-electron chi connectivity index (χ2n) is 6.89. The van der Waals surface area contributed by atoms with Gasteiger partial charge in [0.2, 0.25) is 11.8 Å². The molecule has 31 heavy (non-hydrogen) atoms. The van der Waals surface area contributed by atoms with Crippen molar-refractivity contribution in [3.8, 4) is 0 Å². The van der Waals surface area contributed by atoms with Crippen LogP contribution >= 0.6 is 55.8 Å². The van der Waals surface area contributed by atoms with Gasteiger partial charge in [0.05, 0.1) is 0 Å². The molecular weight excluding hydrogens is 501 g/mol. The molecule has 2 amide bonds. The number of nitrogens with one attached hydrogen (secondary N) is 2. The van der Waals surface area contributed by atoms with Gasteiger partial charge in [-0.05, 0) is 18.1 Å². The smallest absolute Gasteiger partial charge is 0.327 e. The molecule has 180 valence electrons. The lowest BCUT2D eigenvalue weighted by molar-refractivity contribution is -0.141. The summed E-state index contributed by atoms with van der Waals surface area (Å²) in [5.74, 6) is -1.63. The summed E-state index contributed by atoms with van der Waals surface area (Å²) in [5.41, 5.74) is 0. The normalized spacial score (nSPS) is 14.8. The fourth-order valence-electron chi connectivity index (χ4n) is 2.25. The predicted molar refractivity (Wildman–Crippen MR) is 136 cm³/mol. The van der Waals surface area contributed by atoms with Crippen molar-refractivity contribution in [3.63, 3.8) is 0 Å². The van der Waals surface area contributed by atoms with Crippen LogP contribution in [0, 0.1) is 0 Å². The number of thiol groups is 1. The second-order valence-corrected chi connectivity index (χ2v) is 13.0. The third-order valence-electron chi connectivity index (χ3n) is 3.76. The van der Waals surface area contributed by atoms with Gasteiger partial charge in [-0.2, -0.15) is 12.6 Å². The minimum Gasteiger partial charge on any atom is -0.480 e. The first-order chi connectivity index (χ1) is 14.5. The topological polar surface area (TPSA) is 133 Å². The molecule has 0 aliphatic rings. The molecule has 0 aromatic heterocycles. The van der Waals surface area contributed by atoms with E-state index < -0.39 is 24.0 Å². The van der Waals surface area contributed by atoms with Gasteiger partial charge in [0.15, 0.2) is 0 Å². The molecule has 0 aromatic rings. The van der Waals surface area contributed by atoms with Gasteiger partial charge in [0, 0.05) is 36.4 Å². The zero-order valence-corrected chi connectivity index (χ0v) is 22.0. The van der Waals surface area contributed by atoms with Gasteiger partial charge in [-0.25, -0.2) is 9.59 Å². The SMILES string of the molecule is CC(=O)NC(CSSCC(CCCCC(C)S)SSCC(NC(C)=O)C(=O)O)C(=O)O. The Morgan fingerprint density at radius 1 is 0.806 bits per heavy atom. The molecule has 0 aromatic carbocycles. The van der Waals surface area contributed by atoms with Gasteiger partial charge in [0.1, 0.15) is 12.1 Å². The maximum absolute atomic E-state index is 11.3. The van der Waals surface area contributed by atoms with Crippen molar-refractivity contribution in [2.75, 3.05) is 17.3 Å². The summed E-state index contributed by atoms with van der Waals surface area (Å²) in [6.45, 7) is 4.63. The van der Waals surface area contributed by atoms with E-state index in [1.54, 1.807) is 21.6 Å². The number of carbonyl (C=O) groups is 4. The van der Waals surface area contributed by atoms with E-state index in [1.807, 2.05) is 0 Å². The van der Waals surface area contributed by atoms with E-state index in [2.05, 4.69) is 30.2 Å². The molecule has 4 atom stereocenters. The summed E-state index contributed by atoms with van der Waals surface area (Å²) in [4.78, 5) is 44.7. The summed E-state index contributed by atoms with van der Waals surface area (Å²) < 4.78 is 0. The van der Waals surface area contributed by atoms with Crippen molar-refractivity contribution >= 4 is 79.6 Å². The lowest BCUT2D eigenvalue weighted by atomic mass is 10.1. The molecule has 0 bridgehead atoms. The molecule has 4 N–H and O–H groups in total. The van der Waals surface area contributed by atoms with E-state index in [0.717, 1.165) is 31.4 Å². The first kappa shape index (κ1) is 30.6.